The molecule has 1 aliphatic carbocycles. The van der Waals surface area contributed by atoms with E-state index in [9.17, 15) is 35.1 Å². The van der Waals surface area contributed by atoms with Crippen molar-refractivity contribution in [3.05, 3.63) is 54.1 Å². The monoisotopic (exact) mass is 477 g/mol. The topological polar surface area (TPSA) is 101 Å². The average Bonchev–Trinajstić information content (AvgIpc) is 2.72. The van der Waals surface area contributed by atoms with Crippen LogP contribution in [0.5, 0.6) is 0 Å². The summed E-state index contributed by atoms with van der Waals surface area (Å²) in [4.78, 5) is -1.96. The first kappa shape index (κ1) is 23.7. The molecule has 2 N–H and O–H groups in total. The highest BCUT2D eigenvalue weighted by molar-refractivity contribution is 7.91. The van der Waals surface area contributed by atoms with Crippen molar-refractivity contribution in [2.24, 2.45) is 0 Å². The van der Waals surface area contributed by atoms with Crippen LogP contribution in [0, 0.1) is 0 Å². The van der Waals surface area contributed by atoms with Gasteiger partial charge in [0.25, 0.3) is 0 Å². The molecule has 0 bridgehead atoms. The highest BCUT2D eigenvalue weighted by Crippen LogP contribution is 2.36. The quantitative estimate of drug-likeness (QED) is 0.663. The molecule has 170 valence electrons. The molecule has 3 rings (SSSR count). The van der Waals surface area contributed by atoms with Gasteiger partial charge in [0.2, 0.25) is 19.9 Å². The molecule has 0 unspecified atom stereocenters. The van der Waals surface area contributed by atoms with E-state index in [0.29, 0.717) is 37.8 Å². The second-order valence-electron chi connectivity index (χ2n) is 7.58. The van der Waals surface area contributed by atoms with Crippen molar-refractivity contribution in [1.82, 2.24) is 4.72 Å². The molecule has 0 amide bonds. The summed E-state index contributed by atoms with van der Waals surface area (Å²) in [5.74, 6) is 0. The Bertz CT molecular complexity index is 1140. The van der Waals surface area contributed by atoms with Gasteiger partial charge in [-0.05, 0) is 43.2 Å². The Labute approximate surface area is 179 Å². The SMILES string of the molecule is O=S(=O)(NCC1(O)CCCCC1)c1cc(S(=O)(=O)c2ccccc2)ccc1C(F)(F)F. The first-order chi connectivity index (χ1) is 14.4. The third kappa shape index (κ3) is 5.28. The smallest absolute Gasteiger partial charge is 0.389 e. The van der Waals surface area contributed by atoms with Gasteiger partial charge in [0.05, 0.1) is 25.9 Å². The summed E-state index contributed by atoms with van der Waals surface area (Å²) in [5, 5.41) is 10.5. The van der Waals surface area contributed by atoms with E-state index in [1.54, 1.807) is 6.07 Å². The van der Waals surface area contributed by atoms with Gasteiger partial charge in [-0.15, -0.1) is 0 Å². The summed E-state index contributed by atoms with van der Waals surface area (Å²) < 4.78 is 93.7. The molecule has 0 radical (unpaired) electrons. The zero-order valence-corrected chi connectivity index (χ0v) is 18.0. The van der Waals surface area contributed by atoms with Crippen molar-refractivity contribution < 1.29 is 35.1 Å². The summed E-state index contributed by atoms with van der Waals surface area (Å²) in [7, 11) is -9.01. The number of benzene rings is 2. The zero-order chi connectivity index (χ0) is 22.9. The molecule has 0 saturated heterocycles. The molecule has 2 aromatic carbocycles. The van der Waals surface area contributed by atoms with Gasteiger partial charge >= 0.3 is 6.18 Å². The summed E-state index contributed by atoms with van der Waals surface area (Å²) in [6, 6.07) is 8.68. The number of alkyl halides is 3. The number of nitrogens with one attached hydrogen (secondary N) is 1. The summed E-state index contributed by atoms with van der Waals surface area (Å²) in [6.45, 7) is -0.456. The van der Waals surface area contributed by atoms with E-state index in [1.807, 2.05) is 4.72 Å². The molecule has 0 spiro atoms. The third-order valence-electron chi connectivity index (χ3n) is 5.29. The van der Waals surface area contributed by atoms with Crippen LogP contribution in [-0.2, 0) is 26.0 Å². The molecule has 6 nitrogen and oxygen atoms in total. The lowest BCUT2D eigenvalue weighted by molar-refractivity contribution is -0.139. The van der Waals surface area contributed by atoms with Crippen LogP contribution >= 0.6 is 0 Å². The van der Waals surface area contributed by atoms with Crippen LogP contribution < -0.4 is 4.72 Å². The lowest BCUT2D eigenvalue weighted by Gasteiger charge is -2.32. The largest absolute Gasteiger partial charge is 0.417 e. The van der Waals surface area contributed by atoms with Crippen LogP contribution in [0.2, 0.25) is 0 Å². The fourth-order valence-electron chi connectivity index (χ4n) is 3.56. The average molecular weight is 478 g/mol. The minimum atomic E-state index is -5.03. The van der Waals surface area contributed by atoms with Crippen molar-refractivity contribution in [1.29, 1.82) is 0 Å². The Balaban J connectivity index is 2.03. The number of sulfonamides is 1. The van der Waals surface area contributed by atoms with Crippen LogP contribution in [0.4, 0.5) is 13.2 Å². The van der Waals surface area contributed by atoms with Gasteiger partial charge in [-0.2, -0.15) is 13.2 Å². The number of halogens is 3. The molecule has 2 aromatic rings. The minimum absolute atomic E-state index is 0.178. The van der Waals surface area contributed by atoms with Crippen molar-refractivity contribution in [2.75, 3.05) is 6.54 Å². The van der Waals surface area contributed by atoms with E-state index in [-0.39, 0.29) is 4.90 Å². The van der Waals surface area contributed by atoms with Crippen molar-refractivity contribution >= 4 is 19.9 Å². The van der Waals surface area contributed by atoms with Gasteiger partial charge in [0.15, 0.2) is 0 Å². The molecule has 0 heterocycles. The number of sulfone groups is 1. The fourth-order valence-corrected chi connectivity index (χ4v) is 6.31. The van der Waals surface area contributed by atoms with Crippen LogP contribution in [0.25, 0.3) is 0 Å². The Morgan fingerprint density at radius 2 is 1.52 bits per heavy atom. The number of hydrogen-bond donors (Lipinski definition) is 2. The number of aliphatic hydroxyl groups is 1. The maximum Gasteiger partial charge on any atom is 0.417 e. The zero-order valence-electron chi connectivity index (χ0n) is 16.4. The summed E-state index contributed by atoms with van der Waals surface area (Å²) >= 11 is 0. The third-order valence-corrected chi connectivity index (χ3v) is 8.50. The maximum atomic E-state index is 13.5. The Morgan fingerprint density at radius 3 is 2.10 bits per heavy atom. The van der Waals surface area contributed by atoms with Gasteiger partial charge in [-0.3, -0.25) is 0 Å². The van der Waals surface area contributed by atoms with E-state index < -0.39 is 53.5 Å². The standard InChI is InChI=1S/C20H22F3NO5S2/c21-20(22,23)17-10-9-16(30(26,27)15-7-3-1-4-8-15)13-18(17)31(28,29)24-14-19(25)11-5-2-6-12-19/h1,3-4,7-10,13,24-25H,2,5-6,11-12,14H2. The highest BCUT2D eigenvalue weighted by atomic mass is 32.2. The normalized spacial score (nSPS) is 17.4. The van der Waals surface area contributed by atoms with E-state index in [2.05, 4.69) is 0 Å². The van der Waals surface area contributed by atoms with Crippen LogP contribution in [0.15, 0.2) is 63.2 Å². The first-order valence-electron chi connectivity index (χ1n) is 9.59. The van der Waals surface area contributed by atoms with Crippen LogP contribution in [0.1, 0.15) is 37.7 Å². The molecular weight excluding hydrogens is 455 g/mol. The second-order valence-corrected chi connectivity index (χ2v) is 11.3. The molecule has 1 aliphatic rings. The number of rotatable bonds is 6. The van der Waals surface area contributed by atoms with E-state index in [0.717, 1.165) is 12.5 Å². The van der Waals surface area contributed by atoms with E-state index in [4.69, 9.17) is 0 Å². The Kier molecular flexibility index (Phi) is 6.52. The molecule has 0 atom stereocenters. The molecule has 0 aromatic heterocycles. The molecule has 1 saturated carbocycles. The van der Waals surface area contributed by atoms with Gasteiger partial charge < -0.3 is 5.11 Å². The maximum absolute atomic E-state index is 13.5. The van der Waals surface area contributed by atoms with Crippen molar-refractivity contribution in [3.63, 3.8) is 0 Å². The van der Waals surface area contributed by atoms with Gasteiger partial charge in [-0.25, -0.2) is 21.6 Å². The predicted molar refractivity (Wildman–Crippen MR) is 107 cm³/mol. The van der Waals surface area contributed by atoms with Crippen LogP contribution in [0.3, 0.4) is 0 Å². The van der Waals surface area contributed by atoms with Gasteiger partial charge in [0.1, 0.15) is 0 Å². The lowest BCUT2D eigenvalue weighted by Crippen LogP contribution is -2.44. The lowest BCUT2D eigenvalue weighted by atomic mass is 9.85. The highest BCUT2D eigenvalue weighted by Gasteiger charge is 2.39. The van der Waals surface area contributed by atoms with Gasteiger partial charge in [-0.1, -0.05) is 37.5 Å². The summed E-state index contributed by atoms with van der Waals surface area (Å²) in [6.07, 6.45) is -2.14. The van der Waals surface area contributed by atoms with Crippen LogP contribution in [-0.4, -0.2) is 34.1 Å². The molecule has 0 aliphatic heterocycles. The fraction of sp³-hybridized carbons (Fsp3) is 0.400. The summed E-state index contributed by atoms with van der Waals surface area (Å²) in [5.41, 5.74) is -2.83. The minimum Gasteiger partial charge on any atom is -0.389 e. The Morgan fingerprint density at radius 1 is 0.903 bits per heavy atom. The molecular formula is C20H22F3NO5S2. The number of hydrogen-bond acceptors (Lipinski definition) is 5. The van der Waals surface area contributed by atoms with E-state index in [1.165, 1.54) is 24.3 Å². The Hall–Kier alpha value is -1.95. The predicted octanol–water partition coefficient (Wildman–Crippen LogP) is 3.51. The molecule has 11 heteroatoms. The van der Waals surface area contributed by atoms with Gasteiger partial charge in [0, 0.05) is 6.54 Å². The first-order valence-corrected chi connectivity index (χ1v) is 12.6. The van der Waals surface area contributed by atoms with E-state index >= 15 is 0 Å². The van der Waals surface area contributed by atoms with Crippen molar-refractivity contribution in [2.45, 2.75) is 58.6 Å². The van der Waals surface area contributed by atoms with Crippen molar-refractivity contribution in [3.8, 4) is 0 Å². The molecule has 1 fully saturated rings. The molecule has 31 heavy (non-hydrogen) atoms. The second kappa shape index (κ2) is 8.53.